The van der Waals surface area contributed by atoms with Crippen LogP contribution in [0.25, 0.3) is 0 Å². The summed E-state index contributed by atoms with van der Waals surface area (Å²) in [5.41, 5.74) is 1.65. The summed E-state index contributed by atoms with van der Waals surface area (Å²) in [4.78, 5) is 50.1. The van der Waals surface area contributed by atoms with E-state index in [-0.39, 0.29) is 5.91 Å². The van der Waals surface area contributed by atoms with Gasteiger partial charge in [-0.1, -0.05) is 25.0 Å². The first kappa shape index (κ1) is 19.9. The lowest BCUT2D eigenvalue weighted by atomic mass is 9.98. The Bertz CT molecular complexity index is 829. The summed E-state index contributed by atoms with van der Waals surface area (Å²) < 4.78 is 5.14. The topological polar surface area (TPSA) is 105 Å². The molecule has 0 bridgehead atoms. The Morgan fingerprint density at radius 2 is 1.93 bits per heavy atom. The number of hydrogen-bond donors (Lipinski definition) is 2. The minimum absolute atomic E-state index is 0.389. The van der Waals surface area contributed by atoms with Crippen LogP contribution >= 0.6 is 0 Å². The lowest BCUT2D eigenvalue weighted by Gasteiger charge is -2.20. The molecule has 1 heterocycles. The van der Waals surface area contributed by atoms with Crippen LogP contribution in [0.15, 0.2) is 18.2 Å². The highest BCUT2D eigenvalue weighted by Gasteiger charge is 2.52. The Morgan fingerprint density at radius 1 is 1.25 bits per heavy atom. The molecule has 1 aromatic carbocycles. The Labute approximate surface area is 163 Å². The first-order chi connectivity index (χ1) is 13.2. The molecule has 1 spiro atoms. The molecule has 0 radical (unpaired) electrons. The number of amides is 4. The first-order valence-electron chi connectivity index (χ1n) is 9.43. The molecule has 1 atom stereocenters. The van der Waals surface area contributed by atoms with Gasteiger partial charge in [-0.2, -0.15) is 0 Å². The average Bonchev–Trinajstić information content (AvgIpc) is 3.19. The van der Waals surface area contributed by atoms with Gasteiger partial charge < -0.3 is 15.4 Å². The van der Waals surface area contributed by atoms with Crippen molar-refractivity contribution in [1.82, 2.24) is 10.2 Å². The zero-order chi connectivity index (χ0) is 20.5. The van der Waals surface area contributed by atoms with Crippen molar-refractivity contribution in [1.29, 1.82) is 0 Å². The van der Waals surface area contributed by atoms with Crippen molar-refractivity contribution in [2.24, 2.45) is 0 Å². The molecular formula is C20H25N3O5. The van der Waals surface area contributed by atoms with Crippen molar-refractivity contribution in [2.45, 2.75) is 58.1 Å². The van der Waals surface area contributed by atoms with E-state index in [1.165, 1.54) is 6.92 Å². The molecule has 2 N–H and O–H groups in total. The van der Waals surface area contributed by atoms with Crippen LogP contribution in [0.3, 0.4) is 0 Å². The van der Waals surface area contributed by atoms with Gasteiger partial charge in [0.25, 0.3) is 11.8 Å². The van der Waals surface area contributed by atoms with E-state index in [4.69, 9.17) is 4.74 Å². The van der Waals surface area contributed by atoms with Crippen LogP contribution in [-0.4, -0.2) is 46.9 Å². The van der Waals surface area contributed by atoms with Crippen molar-refractivity contribution in [3.8, 4) is 0 Å². The number of nitrogens with zero attached hydrogens (tertiary/aromatic N) is 1. The van der Waals surface area contributed by atoms with Crippen molar-refractivity contribution >= 4 is 29.5 Å². The Balaban J connectivity index is 1.57. The van der Waals surface area contributed by atoms with E-state index in [1.54, 1.807) is 0 Å². The minimum atomic E-state index is -1.06. The van der Waals surface area contributed by atoms with Gasteiger partial charge in [0.1, 0.15) is 12.1 Å². The van der Waals surface area contributed by atoms with Crippen molar-refractivity contribution < 1.29 is 23.9 Å². The fourth-order valence-corrected chi connectivity index (χ4v) is 3.66. The molecule has 0 aromatic heterocycles. The molecule has 2 aliphatic rings. The van der Waals surface area contributed by atoms with Gasteiger partial charge in [-0.05, 0) is 50.8 Å². The van der Waals surface area contributed by atoms with E-state index in [1.807, 2.05) is 32.0 Å². The van der Waals surface area contributed by atoms with Gasteiger partial charge in [-0.15, -0.1) is 0 Å². The highest BCUT2D eigenvalue weighted by Crippen LogP contribution is 2.34. The largest absolute Gasteiger partial charge is 0.451 e. The highest BCUT2D eigenvalue weighted by molar-refractivity contribution is 6.09. The molecule has 1 saturated carbocycles. The summed E-state index contributed by atoms with van der Waals surface area (Å²) in [7, 11) is 0. The number of imide groups is 1. The van der Waals surface area contributed by atoms with Gasteiger partial charge in [-0.25, -0.2) is 4.79 Å². The van der Waals surface area contributed by atoms with Crippen molar-refractivity contribution in [3.05, 3.63) is 29.3 Å². The number of aryl methyl sites for hydroxylation is 2. The molecule has 1 aromatic rings. The van der Waals surface area contributed by atoms with Gasteiger partial charge in [-0.3, -0.25) is 19.3 Å². The van der Waals surface area contributed by atoms with Crippen molar-refractivity contribution in [2.75, 3.05) is 11.9 Å². The summed E-state index contributed by atoms with van der Waals surface area (Å²) >= 11 is 0. The summed E-state index contributed by atoms with van der Waals surface area (Å²) in [6.07, 6.45) is 1.82. The van der Waals surface area contributed by atoms with Crippen molar-refractivity contribution in [3.63, 3.8) is 0 Å². The third-order valence-corrected chi connectivity index (χ3v) is 5.32. The Kier molecular flexibility index (Phi) is 5.40. The molecule has 0 unspecified atom stereocenters. The van der Waals surface area contributed by atoms with Gasteiger partial charge in [0.2, 0.25) is 0 Å². The SMILES string of the molecule is Cc1ccc(C)c(NC(=O)[C@H](C)OC(=O)CN2C(=O)NC3(CCCC3)C2=O)c1. The maximum absolute atomic E-state index is 12.6. The van der Waals surface area contributed by atoms with Crippen LogP contribution in [0.5, 0.6) is 0 Å². The first-order valence-corrected chi connectivity index (χ1v) is 9.43. The van der Waals surface area contributed by atoms with Gasteiger partial charge in [0.05, 0.1) is 0 Å². The molecule has 1 aliphatic carbocycles. The smallest absolute Gasteiger partial charge is 0.327 e. The van der Waals surface area contributed by atoms with Gasteiger partial charge >= 0.3 is 12.0 Å². The maximum Gasteiger partial charge on any atom is 0.327 e. The number of anilines is 1. The predicted molar refractivity (Wildman–Crippen MR) is 102 cm³/mol. The quantitative estimate of drug-likeness (QED) is 0.594. The molecule has 3 rings (SSSR count). The highest BCUT2D eigenvalue weighted by atomic mass is 16.5. The zero-order valence-corrected chi connectivity index (χ0v) is 16.3. The van der Waals surface area contributed by atoms with E-state index in [0.717, 1.165) is 28.9 Å². The van der Waals surface area contributed by atoms with E-state index in [0.29, 0.717) is 18.5 Å². The summed E-state index contributed by atoms with van der Waals surface area (Å²) in [5.74, 6) is -1.67. The number of esters is 1. The molecule has 8 nitrogen and oxygen atoms in total. The fraction of sp³-hybridized carbons (Fsp3) is 0.500. The minimum Gasteiger partial charge on any atom is -0.451 e. The van der Waals surface area contributed by atoms with Gasteiger partial charge in [0.15, 0.2) is 6.10 Å². The molecule has 8 heteroatoms. The number of carbonyl (C=O) groups is 4. The molecular weight excluding hydrogens is 362 g/mol. The zero-order valence-electron chi connectivity index (χ0n) is 16.3. The van der Waals surface area contributed by atoms with Gasteiger partial charge in [0, 0.05) is 5.69 Å². The third-order valence-electron chi connectivity index (χ3n) is 5.32. The number of urea groups is 1. The second-order valence-corrected chi connectivity index (χ2v) is 7.55. The number of carbonyl (C=O) groups excluding carboxylic acids is 4. The monoisotopic (exact) mass is 387 g/mol. The molecule has 1 saturated heterocycles. The standard InChI is InChI=1S/C20H25N3O5/c1-12-6-7-13(2)15(10-12)21-17(25)14(3)28-16(24)11-23-18(26)20(22-19(23)27)8-4-5-9-20/h6-7,10,14H,4-5,8-9,11H2,1-3H3,(H,21,25)(H,22,27)/t14-/m0/s1. The molecule has 4 amide bonds. The lowest BCUT2D eigenvalue weighted by molar-refractivity contribution is -0.155. The normalized spacial score (nSPS) is 18.9. The summed E-state index contributed by atoms with van der Waals surface area (Å²) in [5, 5.41) is 5.44. The Hall–Kier alpha value is -2.90. The average molecular weight is 387 g/mol. The molecule has 150 valence electrons. The fourth-order valence-electron chi connectivity index (χ4n) is 3.66. The molecule has 2 fully saturated rings. The Morgan fingerprint density at radius 3 is 2.61 bits per heavy atom. The second kappa shape index (κ2) is 7.61. The third kappa shape index (κ3) is 3.85. The number of hydrogen-bond acceptors (Lipinski definition) is 5. The van der Waals surface area contributed by atoms with Crippen LogP contribution in [0.1, 0.15) is 43.7 Å². The van der Waals surface area contributed by atoms with Crippen LogP contribution in [0.2, 0.25) is 0 Å². The second-order valence-electron chi connectivity index (χ2n) is 7.55. The molecule has 1 aliphatic heterocycles. The van der Waals surface area contributed by atoms with E-state index >= 15 is 0 Å². The number of benzene rings is 1. The van der Waals surface area contributed by atoms with Crippen LogP contribution < -0.4 is 10.6 Å². The lowest BCUT2D eigenvalue weighted by Crippen LogP contribution is -2.44. The van der Waals surface area contributed by atoms with Crippen LogP contribution in [0, 0.1) is 13.8 Å². The van der Waals surface area contributed by atoms with Crippen LogP contribution in [0.4, 0.5) is 10.5 Å². The van der Waals surface area contributed by atoms with E-state index < -0.39 is 36.1 Å². The molecule has 28 heavy (non-hydrogen) atoms. The van der Waals surface area contributed by atoms with Crippen LogP contribution in [-0.2, 0) is 19.1 Å². The summed E-state index contributed by atoms with van der Waals surface area (Å²) in [6, 6.07) is 5.06. The van der Waals surface area contributed by atoms with E-state index in [9.17, 15) is 19.2 Å². The number of ether oxygens (including phenoxy) is 1. The summed E-state index contributed by atoms with van der Waals surface area (Å²) in [6.45, 7) is 4.71. The van der Waals surface area contributed by atoms with E-state index in [2.05, 4.69) is 10.6 Å². The predicted octanol–water partition coefficient (Wildman–Crippen LogP) is 2.04. The number of nitrogens with one attached hydrogen (secondary N) is 2. The maximum atomic E-state index is 12.6. The number of rotatable bonds is 5.